The van der Waals surface area contributed by atoms with Crippen LogP contribution in [-0.4, -0.2) is 40.3 Å². The molecular formula is C28H38N4. The minimum absolute atomic E-state index is 1.03. The standard InChI is InChI=1S/C28H38N4/c1-7-31(8-2)27-19-15-25(16-20-27)29(5)23-11-13-24(14-12-23)30(6)26-17-21-28(22-18-26)32(9-3)10-4/h11-22H,7-10H2,1-6H3. The maximum atomic E-state index is 2.36. The molecule has 3 aromatic rings. The van der Waals surface area contributed by atoms with Crippen molar-refractivity contribution in [2.45, 2.75) is 27.7 Å². The van der Waals surface area contributed by atoms with Gasteiger partial charge in [0.1, 0.15) is 0 Å². The first-order valence-corrected chi connectivity index (χ1v) is 11.8. The molecule has 0 spiro atoms. The second kappa shape index (κ2) is 10.9. The smallest absolute Gasteiger partial charge is 0.0409 e. The Morgan fingerprint density at radius 1 is 0.375 bits per heavy atom. The van der Waals surface area contributed by atoms with E-state index >= 15 is 0 Å². The van der Waals surface area contributed by atoms with Crippen LogP contribution >= 0.6 is 0 Å². The summed E-state index contributed by atoms with van der Waals surface area (Å²) in [5, 5.41) is 0. The Bertz CT molecular complexity index is 860. The Kier molecular flexibility index (Phi) is 8.04. The lowest BCUT2D eigenvalue weighted by atomic mass is 10.2. The zero-order valence-corrected chi connectivity index (χ0v) is 20.5. The highest BCUT2D eigenvalue weighted by Crippen LogP contribution is 2.30. The van der Waals surface area contributed by atoms with E-state index in [1.807, 2.05) is 0 Å². The lowest BCUT2D eigenvalue weighted by Gasteiger charge is -2.25. The quantitative estimate of drug-likeness (QED) is 0.346. The topological polar surface area (TPSA) is 13.0 Å². The normalized spacial score (nSPS) is 10.7. The fourth-order valence-electron chi connectivity index (χ4n) is 4.15. The molecule has 0 aliphatic heterocycles. The van der Waals surface area contributed by atoms with E-state index in [1.165, 1.54) is 34.1 Å². The summed E-state index contributed by atoms with van der Waals surface area (Å²) in [7, 11) is 4.24. The van der Waals surface area contributed by atoms with Crippen LogP contribution in [0.1, 0.15) is 27.7 Å². The van der Waals surface area contributed by atoms with E-state index in [9.17, 15) is 0 Å². The van der Waals surface area contributed by atoms with Crippen LogP contribution in [0.3, 0.4) is 0 Å². The highest BCUT2D eigenvalue weighted by atomic mass is 15.1. The van der Waals surface area contributed by atoms with Gasteiger partial charge < -0.3 is 19.6 Å². The molecule has 0 aliphatic carbocycles. The molecule has 0 fully saturated rings. The van der Waals surface area contributed by atoms with E-state index in [0.717, 1.165) is 26.2 Å². The molecule has 0 aliphatic rings. The molecule has 0 amide bonds. The zero-order valence-electron chi connectivity index (χ0n) is 20.5. The van der Waals surface area contributed by atoms with Crippen LogP contribution in [0.4, 0.5) is 34.1 Å². The van der Waals surface area contributed by atoms with Crippen molar-refractivity contribution in [2.24, 2.45) is 0 Å². The maximum absolute atomic E-state index is 2.36. The molecule has 0 radical (unpaired) electrons. The van der Waals surface area contributed by atoms with E-state index in [0.29, 0.717) is 0 Å². The minimum atomic E-state index is 1.03. The molecule has 0 aromatic heterocycles. The molecule has 32 heavy (non-hydrogen) atoms. The van der Waals surface area contributed by atoms with Crippen molar-refractivity contribution >= 4 is 34.1 Å². The predicted molar refractivity (Wildman–Crippen MR) is 143 cm³/mol. The van der Waals surface area contributed by atoms with Crippen LogP contribution in [0.5, 0.6) is 0 Å². The number of nitrogens with zero attached hydrogens (tertiary/aromatic N) is 4. The number of rotatable bonds is 10. The summed E-state index contributed by atoms with van der Waals surface area (Å²) in [6, 6.07) is 26.4. The summed E-state index contributed by atoms with van der Waals surface area (Å²) in [5.41, 5.74) is 7.28. The summed E-state index contributed by atoms with van der Waals surface area (Å²) >= 11 is 0. The summed E-state index contributed by atoms with van der Waals surface area (Å²) < 4.78 is 0. The molecule has 0 N–H and O–H groups in total. The van der Waals surface area contributed by atoms with Gasteiger partial charge >= 0.3 is 0 Å². The Morgan fingerprint density at radius 3 is 0.750 bits per heavy atom. The number of hydrogen-bond acceptors (Lipinski definition) is 4. The fraction of sp³-hybridized carbons (Fsp3) is 0.357. The second-order valence-corrected chi connectivity index (χ2v) is 8.01. The largest absolute Gasteiger partial charge is 0.372 e. The molecule has 0 heterocycles. The van der Waals surface area contributed by atoms with E-state index in [1.54, 1.807) is 0 Å². The summed E-state index contributed by atoms with van der Waals surface area (Å²) in [6.07, 6.45) is 0. The number of anilines is 6. The van der Waals surface area contributed by atoms with Gasteiger partial charge in [-0.1, -0.05) is 0 Å². The molecular weight excluding hydrogens is 392 g/mol. The predicted octanol–water partition coefficient (Wildman–Crippen LogP) is 6.91. The highest BCUT2D eigenvalue weighted by molar-refractivity contribution is 5.70. The van der Waals surface area contributed by atoms with Gasteiger partial charge in [-0.15, -0.1) is 0 Å². The van der Waals surface area contributed by atoms with Gasteiger partial charge in [-0.2, -0.15) is 0 Å². The summed E-state index contributed by atoms with van der Waals surface area (Å²) in [6.45, 7) is 12.9. The van der Waals surface area contributed by atoms with Crippen molar-refractivity contribution in [1.29, 1.82) is 0 Å². The molecule has 0 saturated heterocycles. The van der Waals surface area contributed by atoms with Crippen LogP contribution < -0.4 is 19.6 Å². The van der Waals surface area contributed by atoms with Gasteiger partial charge in [-0.25, -0.2) is 0 Å². The first-order valence-electron chi connectivity index (χ1n) is 11.8. The monoisotopic (exact) mass is 430 g/mol. The lowest BCUT2D eigenvalue weighted by molar-refractivity contribution is 0.866. The summed E-state index contributed by atoms with van der Waals surface area (Å²) in [4.78, 5) is 9.19. The average Bonchev–Trinajstić information content (AvgIpc) is 2.85. The van der Waals surface area contributed by atoms with E-state index in [-0.39, 0.29) is 0 Å². The zero-order chi connectivity index (χ0) is 23.1. The van der Waals surface area contributed by atoms with Crippen molar-refractivity contribution in [2.75, 3.05) is 59.9 Å². The van der Waals surface area contributed by atoms with Crippen molar-refractivity contribution in [3.05, 3.63) is 72.8 Å². The van der Waals surface area contributed by atoms with Gasteiger partial charge in [-0.05, 0) is 100 Å². The van der Waals surface area contributed by atoms with Crippen LogP contribution in [0.15, 0.2) is 72.8 Å². The molecule has 0 saturated carbocycles. The lowest BCUT2D eigenvalue weighted by Crippen LogP contribution is -2.21. The molecule has 4 heteroatoms. The van der Waals surface area contributed by atoms with Crippen LogP contribution in [0.2, 0.25) is 0 Å². The second-order valence-electron chi connectivity index (χ2n) is 8.01. The molecule has 0 atom stereocenters. The number of hydrogen-bond donors (Lipinski definition) is 0. The van der Waals surface area contributed by atoms with Gasteiger partial charge in [-0.3, -0.25) is 0 Å². The molecule has 170 valence electrons. The van der Waals surface area contributed by atoms with E-state index in [4.69, 9.17) is 0 Å². The molecule has 3 rings (SSSR count). The van der Waals surface area contributed by atoms with Crippen LogP contribution in [0, 0.1) is 0 Å². The van der Waals surface area contributed by atoms with Crippen molar-refractivity contribution in [3.8, 4) is 0 Å². The average molecular weight is 431 g/mol. The SMILES string of the molecule is CCN(CC)c1ccc(N(C)c2ccc(N(C)c3ccc(N(CC)CC)cc3)cc2)cc1. The Hall–Kier alpha value is -3.14. The minimum Gasteiger partial charge on any atom is -0.372 e. The Balaban J connectivity index is 1.71. The Morgan fingerprint density at radius 2 is 0.562 bits per heavy atom. The van der Waals surface area contributed by atoms with Crippen molar-refractivity contribution in [1.82, 2.24) is 0 Å². The maximum Gasteiger partial charge on any atom is 0.0409 e. The third kappa shape index (κ3) is 5.18. The Labute approximate surface area is 194 Å². The van der Waals surface area contributed by atoms with Crippen LogP contribution in [-0.2, 0) is 0 Å². The van der Waals surface area contributed by atoms with Gasteiger partial charge in [0.05, 0.1) is 0 Å². The van der Waals surface area contributed by atoms with Gasteiger partial charge in [0.2, 0.25) is 0 Å². The third-order valence-corrected chi connectivity index (χ3v) is 6.36. The molecule has 0 bridgehead atoms. The molecule has 0 unspecified atom stereocenters. The van der Waals surface area contributed by atoms with Crippen molar-refractivity contribution < 1.29 is 0 Å². The first-order chi connectivity index (χ1) is 15.5. The molecule has 4 nitrogen and oxygen atoms in total. The van der Waals surface area contributed by atoms with Gasteiger partial charge in [0.15, 0.2) is 0 Å². The highest BCUT2D eigenvalue weighted by Gasteiger charge is 2.09. The van der Waals surface area contributed by atoms with Gasteiger partial charge in [0, 0.05) is 74.4 Å². The van der Waals surface area contributed by atoms with E-state index < -0.39 is 0 Å². The van der Waals surface area contributed by atoms with Crippen molar-refractivity contribution in [3.63, 3.8) is 0 Å². The molecule has 3 aromatic carbocycles. The van der Waals surface area contributed by atoms with Crippen LogP contribution in [0.25, 0.3) is 0 Å². The summed E-state index contributed by atoms with van der Waals surface area (Å²) in [5.74, 6) is 0. The number of benzene rings is 3. The third-order valence-electron chi connectivity index (χ3n) is 6.36. The first kappa shape index (κ1) is 23.5. The van der Waals surface area contributed by atoms with E-state index in [2.05, 4.69) is 134 Å². The fourth-order valence-corrected chi connectivity index (χ4v) is 4.15. The van der Waals surface area contributed by atoms with Gasteiger partial charge in [0.25, 0.3) is 0 Å².